The fraction of sp³-hybridized carbons (Fsp3) is 0.389. The topological polar surface area (TPSA) is 34.1 Å². The van der Waals surface area contributed by atoms with Crippen molar-refractivity contribution in [1.82, 2.24) is 10.3 Å². The van der Waals surface area contributed by atoms with Crippen LogP contribution in [0.25, 0.3) is 0 Å². The molecular formula is C18H24N2O. The van der Waals surface area contributed by atoms with Crippen LogP contribution in [0.1, 0.15) is 41.6 Å². The molecule has 0 fully saturated rings. The molecule has 1 aromatic carbocycles. The molecule has 2 aromatic rings. The average Bonchev–Trinajstić information content (AvgIpc) is 2.50. The zero-order valence-electron chi connectivity index (χ0n) is 13.3. The molecule has 0 bridgehead atoms. The van der Waals surface area contributed by atoms with E-state index in [9.17, 15) is 0 Å². The van der Waals surface area contributed by atoms with Crippen molar-refractivity contribution in [3.8, 4) is 5.75 Å². The third kappa shape index (κ3) is 3.61. The third-order valence-corrected chi connectivity index (χ3v) is 3.75. The highest BCUT2D eigenvalue weighted by Gasteiger charge is 2.16. The van der Waals surface area contributed by atoms with Crippen LogP contribution in [0.2, 0.25) is 0 Å². The molecule has 3 heteroatoms. The molecule has 0 saturated carbocycles. The maximum Gasteiger partial charge on any atom is 0.122 e. The van der Waals surface area contributed by atoms with Crippen LogP contribution in [0.5, 0.6) is 5.75 Å². The first kappa shape index (κ1) is 15.5. The summed E-state index contributed by atoms with van der Waals surface area (Å²) in [5.74, 6) is 0.928. The molecule has 112 valence electrons. The highest BCUT2D eigenvalue weighted by atomic mass is 16.5. The molecule has 0 aliphatic carbocycles. The van der Waals surface area contributed by atoms with E-state index in [4.69, 9.17) is 4.74 Å². The van der Waals surface area contributed by atoms with E-state index in [-0.39, 0.29) is 6.04 Å². The van der Waals surface area contributed by atoms with Crippen molar-refractivity contribution in [1.29, 1.82) is 0 Å². The van der Waals surface area contributed by atoms with Gasteiger partial charge in [0.25, 0.3) is 0 Å². The lowest BCUT2D eigenvalue weighted by Gasteiger charge is -2.22. The summed E-state index contributed by atoms with van der Waals surface area (Å²) in [7, 11) is 1.72. The van der Waals surface area contributed by atoms with E-state index in [1.807, 2.05) is 12.4 Å². The van der Waals surface area contributed by atoms with Gasteiger partial charge in [-0.2, -0.15) is 0 Å². The van der Waals surface area contributed by atoms with E-state index < -0.39 is 0 Å². The molecule has 0 amide bonds. The highest BCUT2D eigenvalue weighted by molar-refractivity contribution is 5.42. The Bertz CT molecular complexity index is 596. The van der Waals surface area contributed by atoms with Crippen LogP contribution in [0.3, 0.4) is 0 Å². The van der Waals surface area contributed by atoms with Gasteiger partial charge < -0.3 is 10.1 Å². The van der Waals surface area contributed by atoms with Crippen LogP contribution in [0.15, 0.2) is 36.7 Å². The van der Waals surface area contributed by atoms with Crippen molar-refractivity contribution in [2.24, 2.45) is 0 Å². The average molecular weight is 284 g/mol. The van der Waals surface area contributed by atoms with Gasteiger partial charge >= 0.3 is 0 Å². The standard InChI is InChI=1S/C18H24N2O/c1-5-9-20-18(16-12-19-10-8-13(16)2)15-7-6-14(3)17(11-15)21-4/h6-8,10-12,18,20H,5,9H2,1-4H3. The number of hydrogen-bond donors (Lipinski definition) is 1. The van der Waals surface area contributed by atoms with Crippen molar-refractivity contribution in [3.63, 3.8) is 0 Å². The second kappa shape index (κ2) is 7.23. The molecule has 1 atom stereocenters. The van der Waals surface area contributed by atoms with E-state index in [0.717, 1.165) is 24.3 Å². The predicted molar refractivity (Wildman–Crippen MR) is 86.8 cm³/mol. The van der Waals surface area contributed by atoms with Gasteiger partial charge in [-0.25, -0.2) is 0 Å². The molecule has 0 radical (unpaired) electrons. The van der Waals surface area contributed by atoms with Gasteiger partial charge in [0.1, 0.15) is 5.75 Å². The lowest BCUT2D eigenvalue weighted by molar-refractivity contribution is 0.410. The molecule has 1 N–H and O–H groups in total. The Balaban J connectivity index is 2.43. The van der Waals surface area contributed by atoms with Crippen LogP contribution in [-0.2, 0) is 0 Å². The van der Waals surface area contributed by atoms with E-state index in [0.29, 0.717) is 0 Å². The van der Waals surface area contributed by atoms with E-state index >= 15 is 0 Å². The second-order valence-corrected chi connectivity index (χ2v) is 5.35. The number of nitrogens with zero attached hydrogens (tertiary/aromatic N) is 1. The van der Waals surface area contributed by atoms with Crippen molar-refractivity contribution in [3.05, 3.63) is 58.9 Å². The second-order valence-electron chi connectivity index (χ2n) is 5.35. The molecule has 21 heavy (non-hydrogen) atoms. The number of rotatable bonds is 6. The molecule has 0 saturated heterocycles. The number of ether oxygens (including phenoxy) is 1. The van der Waals surface area contributed by atoms with Crippen LogP contribution in [0, 0.1) is 13.8 Å². The van der Waals surface area contributed by atoms with E-state index in [1.165, 1.54) is 16.7 Å². The van der Waals surface area contributed by atoms with Gasteiger partial charge in [-0.1, -0.05) is 19.1 Å². The van der Waals surface area contributed by atoms with Gasteiger partial charge in [-0.05, 0) is 61.2 Å². The van der Waals surface area contributed by atoms with Crippen molar-refractivity contribution >= 4 is 0 Å². The van der Waals surface area contributed by atoms with Gasteiger partial charge in [-0.15, -0.1) is 0 Å². The van der Waals surface area contributed by atoms with Crippen LogP contribution < -0.4 is 10.1 Å². The number of benzene rings is 1. The fourth-order valence-corrected chi connectivity index (χ4v) is 2.49. The quantitative estimate of drug-likeness (QED) is 0.876. The Hall–Kier alpha value is -1.87. The van der Waals surface area contributed by atoms with Crippen LogP contribution in [0.4, 0.5) is 0 Å². The zero-order valence-corrected chi connectivity index (χ0v) is 13.3. The molecule has 3 nitrogen and oxygen atoms in total. The molecule has 2 rings (SSSR count). The molecule has 1 heterocycles. The molecule has 1 aromatic heterocycles. The number of methoxy groups -OCH3 is 1. The smallest absolute Gasteiger partial charge is 0.122 e. The minimum absolute atomic E-state index is 0.146. The maximum atomic E-state index is 5.46. The Morgan fingerprint density at radius 1 is 1.19 bits per heavy atom. The molecule has 0 aliphatic heterocycles. The first-order valence-electron chi connectivity index (χ1n) is 7.45. The minimum Gasteiger partial charge on any atom is -0.496 e. The first-order valence-corrected chi connectivity index (χ1v) is 7.45. The van der Waals surface area contributed by atoms with Gasteiger partial charge in [0.2, 0.25) is 0 Å². The summed E-state index contributed by atoms with van der Waals surface area (Å²) in [6.07, 6.45) is 4.89. The molecular weight excluding hydrogens is 260 g/mol. The Labute approximate surface area is 127 Å². The maximum absolute atomic E-state index is 5.46. The molecule has 1 unspecified atom stereocenters. The van der Waals surface area contributed by atoms with Gasteiger partial charge in [0.15, 0.2) is 0 Å². The zero-order chi connectivity index (χ0) is 15.2. The highest BCUT2D eigenvalue weighted by Crippen LogP contribution is 2.28. The first-order chi connectivity index (χ1) is 10.2. The lowest BCUT2D eigenvalue weighted by Crippen LogP contribution is -2.24. The minimum atomic E-state index is 0.146. The third-order valence-electron chi connectivity index (χ3n) is 3.75. The summed E-state index contributed by atoms with van der Waals surface area (Å²) in [4.78, 5) is 4.29. The SMILES string of the molecule is CCCNC(c1ccc(C)c(OC)c1)c1cnccc1C. The number of pyridine rings is 1. The monoisotopic (exact) mass is 284 g/mol. The van der Waals surface area contributed by atoms with Gasteiger partial charge in [0, 0.05) is 12.4 Å². The Morgan fingerprint density at radius 3 is 2.67 bits per heavy atom. The van der Waals surface area contributed by atoms with Crippen molar-refractivity contribution < 1.29 is 4.74 Å². The lowest BCUT2D eigenvalue weighted by atomic mass is 9.95. The molecule has 0 spiro atoms. The predicted octanol–water partition coefficient (Wildman–Crippen LogP) is 3.80. The summed E-state index contributed by atoms with van der Waals surface area (Å²) in [5, 5.41) is 3.62. The summed E-state index contributed by atoms with van der Waals surface area (Å²) in [6, 6.07) is 8.60. The largest absolute Gasteiger partial charge is 0.496 e. The van der Waals surface area contributed by atoms with Crippen LogP contribution in [-0.4, -0.2) is 18.6 Å². The number of nitrogens with one attached hydrogen (secondary N) is 1. The Morgan fingerprint density at radius 2 is 2.00 bits per heavy atom. The number of hydrogen-bond acceptors (Lipinski definition) is 3. The van der Waals surface area contributed by atoms with Crippen LogP contribution >= 0.6 is 0 Å². The van der Waals surface area contributed by atoms with Crippen molar-refractivity contribution in [2.75, 3.05) is 13.7 Å². The fourth-order valence-electron chi connectivity index (χ4n) is 2.49. The summed E-state index contributed by atoms with van der Waals surface area (Å²) in [6.45, 7) is 7.33. The Kier molecular flexibility index (Phi) is 5.34. The van der Waals surface area contributed by atoms with E-state index in [1.54, 1.807) is 7.11 Å². The van der Waals surface area contributed by atoms with E-state index in [2.05, 4.69) is 55.3 Å². The summed E-state index contributed by atoms with van der Waals surface area (Å²) in [5.41, 5.74) is 4.83. The molecule has 0 aliphatic rings. The van der Waals surface area contributed by atoms with Gasteiger partial charge in [0.05, 0.1) is 13.2 Å². The summed E-state index contributed by atoms with van der Waals surface area (Å²) >= 11 is 0. The van der Waals surface area contributed by atoms with Gasteiger partial charge in [-0.3, -0.25) is 4.98 Å². The summed E-state index contributed by atoms with van der Waals surface area (Å²) < 4.78 is 5.46. The number of aromatic nitrogens is 1. The van der Waals surface area contributed by atoms with Crippen molar-refractivity contribution in [2.45, 2.75) is 33.2 Å². The number of aryl methyl sites for hydroxylation is 2. The normalized spacial score (nSPS) is 12.2.